The molecule has 0 bridgehead atoms. The van der Waals surface area contributed by atoms with Gasteiger partial charge in [-0.15, -0.1) is 0 Å². The van der Waals surface area contributed by atoms with Crippen molar-refractivity contribution in [2.24, 2.45) is 17.8 Å². The standard InChI is InChI=1S/C38H56O3/c1-3-5-7-10-30-13-15-32(16-14-30)12-9-29-40-36-25-23-35(24-26-36)38(39)41-37-27-21-34(22-28-37)33-19-17-31(18-20-33)11-8-6-4-2/h21-28,30-33H,3-20,29H2,1-2H3. The van der Waals surface area contributed by atoms with Crippen LogP contribution in [0.1, 0.15) is 151 Å². The summed E-state index contributed by atoms with van der Waals surface area (Å²) in [6.07, 6.45) is 24.4. The normalized spacial score (nSPS) is 22.8. The van der Waals surface area contributed by atoms with E-state index in [2.05, 4.69) is 26.0 Å². The highest BCUT2D eigenvalue weighted by atomic mass is 16.5. The fraction of sp³-hybridized carbons (Fsp3) is 0.658. The van der Waals surface area contributed by atoms with E-state index < -0.39 is 0 Å². The Morgan fingerprint density at radius 1 is 0.610 bits per heavy atom. The van der Waals surface area contributed by atoms with Crippen LogP contribution in [-0.2, 0) is 0 Å². The zero-order valence-corrected chi connectivity index (χ0v) is 26.1. The summed E-state index contributed by atoms with van der Waals surface area (Å²) in [6, 6.07) is 15.6. The Morgan fingerprint density at radius 3 is 1.63 bits per heavy atom. The van der Waals surface area contributed by atoms with Crippen molar-refractivity contribution in [3.63, 3.8) is 0 Å². The van der Waals surface area contributed by atoms with Crippen molar-refractivity contribution in [2.45, 2.75) is 135 Å². The molecular formula is C38H56O3. The van der Waals surface area contributed by atoms with Crippen molar-refractivity contribution in [3.8, 4) is 11.5 Å². The summed E-state index contributed by atoms with van der Waals surface area (Å²) < 4.78 is 11.7. The molecular weight excluding hydrogens is 504 g/mol. The van der Waals surface area contributed by atoms with Gasteiger partial charge in [-0.3, -0.25) is 0 Å². The topological polar surface area (TPSA) is 35.5 Å². The van der Waals surface area contributed by atoms with Crippen LogP contribution in [0.5, 0.6) is 11.5 Å². The first kappa shape index (κ1) is 31.6. The summed E-state index contributed by atoms with van der Waals surface area (Å²) in [5.41, 5.74) is 1.94. The van der Waals surface area contributed by atoms with Gasteiger partial charge in [0.1, 0.15) is 11.5 Å². The molecule has 0 unspecified atom stereocenters. The van der Waals surface area contributed by atoms with Crippen LogP contribution in [-0.4, -0.2) is 12.6 Å². The number of benzene rings is 2. The number of unbranched alkanes of at least 4 members (excludes halogenated alkanes) is 4. The van der Waals surface area contributed by atoms with Gasteiger partial charge < -0.3 is 9.47 Å². The third-order valence-electron chi connectivity index (χ3n) is 9.92. The van der Waals surface area contributed by atoms with Crippen LogP contribution in [0.15, 0.2) is 48.5 Å². The minimum Gasteiger partial charge on any atom is -0.494 e. The summed E-state index contributed by atoms with van der Waals surface area (Å²) in [5, 5.41) is 0. The molecule has 0 radical (unpaired) electrons. The number of hydrogen-bond acceptors (Lipinski definition) is 3. The average Bonchev–Trinajstić information content (AvgIpc) is 3.01. The molecule has 2 aliphatic carbocycles. The molecule has 0 saturated heterocycles. The Labute approximate surface area is 250 Å². The third-order valence-corrected chi connectivity index (χ3v) is 9.92. The predicted octanol–water partition coefficient (Wildman–Crippen LogP) is 11.3. The Hall–Kier alpha value is -2.29. The highest BCUT2D eigenvalue weighted by Gasteiger charge is 2.23. The van der Waals surface area contributed by atoms with Gasteiger partial charge in [0.25, 0.3) is 0 Å². The number of hydrogen-bond donors (Lipinski definition) is 0. The first-order valence-electron chi connectivity index (χ1n) is 17.2. The Balaban J connectivity index is 1.11. The lowest BCUT2D eigenvalue weighted by Gasteiger charge is -2.29. The van der Waals surface area contributed by atoms with Gasteiger partial charge >= 0.3 is 5.97 Å². The van der Waals surface area contributed by atoms with E-state index in [-0.39, 0.29) is 5.97 Å². The monoisotopic (exact) mass is 560 g/mol. The van der Waals surface area contributed by atoms with Gasteiger partial charge in [0.2, 0.25) is 0 Å². The fourth-order valence-electron chi connectivity index (χ4n) is 7.18. The highest BCUT2D eigenvalue weighted by Crippen LogP contribution is 2.38. The van der Waals surface area contributed by atoms with Crippen molar-refractivity contribution < 1.29 is 14.3 Å². The zero-order valence-electron chi connectivity index (χ0n) is 26.1. The second-order valence-electron chi connectivity index (χ2n) is 13.1. The van der Waals surface area contributed by atoms with E-state index in [0.29, 0.717) is 17.2 Å². The van der Waals surface area contributed by atoms with Gasteiger partial charge in [0.15, 0.2) is 0 Å². The lowest BCUT2D eigenvalue weighted by molar-refractivity contribution is 0.0734. The summed E-state index contributed by atoms with van der Waals surface area (Å²) >= 11 is 0. The van der Waals surface area contributed by atoms with E-state index >= 15 is 0 Å². The maximum atomic E-state index is 12.7. The average molecular weight is 561 g/mol. The van der Waals surface area contributed by atoms with Crippen molar-refractivity contribution in [1.82, 2.24) is 0 Å². The van der Waals surface area contributed by atoms with Crippen LogP contribution < -0.4 is 9.47 Å². The van der Waals surface area contributed by atoms with Gasteiger partial charge in [0.05, 0.1) is 12.2 Å². The molecule has 0 aliphatic heterocycles. The van der Waals surface area contributed by atoms with Crippen LogP contribution in [0.25, 0.3) is 0 Å². The largest absolute Gasteiger partial charge is 0.494 e. The number of esters is 1. The van der Waals surface area contributed by atoms with Gasteiger partial charge in [0, 0.05) is 0 Å². The van der Waals surface area contributed by atoms with Gasteiger partial charge in [-0.2, -0.15) is 0 Å². The second-order valence-corrected chi connectivity index (χ2v) is 13.1. The predicted molar refractivity (Wildman–Crippen MR) is 171 cm³/mol. The van der Waals surface area contributed by atoms with Crippen LogP contribution in [0, 0.1) is 17.8 Å². The molecule has 0 N–H and O–H groups in total. The van der Waals surface area contributed by atoms with E-state index in [0.717, 1.165) is 36.5 Å². The van der Waals surface area contributed by atoms with Gasteiger partial charge in [-0.05, 0) is 104 Å². The highest BCUT2D eigenvalue weighted by molar-refractivity contribution is 5.91. The summed E-state index contributed by atoms with van der Waals surface area (Å²) in [7, 11) is 0. The molecule has 2 saturated carbocycles. The Morgan fingerprint density at radius 2 is 1.10 bits per heavy atom. The summed E-state index contributed by atoms with van der Waals surface area (Å²) in [6.45, 7) is 5.32. The van der Waals surface area contributed by atoms with Gasteiger partial charge in [-0.25, -0.2) is 4.79 Å². The molecule has 0 aromatic heterocycles. The Kier molecular flexibility index (Phi) is 13.6. The van der Waals surface area contributed by atoms with Gasteiger partial charge in [-0.1, -0.05) is 103 Å². The first-order chi connectivity index (χ1) is 20.1. The van der Waals surface area contributed by atoms with Crippen molar-refractivity contribution in [1.29, 1.82) is 0 Å². The Bertz CT molecular complexity index is 979. The molecule has 4 rings (SSSR count). The van der Waals surface area contributed by atoms with E-state index in [9.17, 15) is 4.79 Å². The van der Waals surface area contributed by atoms with E-state index in [1.54, 1.807) is 0 Å². The number of carbonyl (C=O) groups is 1. The lowest BCUT2D eigenvalue weighted by atomic mass is 9.77. The van der Waals surface area contributed by atoms with Crippen molar-refractivity contribution >= 4 is 5.97 Å². The van der Waals surface area contributed by atoms with Crippen LogP contribution >= 0.6 is 0 Å². The van der Waals surface area contributed by atoms with Crippen LogP contribution in [0.4, 0.5) is 0 Å². The minimum absolute atomic E-state index is 0.317. The molecule has 0 spiro atoms. The number of carbonyl (C=O) groups excluding carboxylic acids is 1. The van der Waals surface area contributed by atoms with Crippen LogP contribution in [0.2, 0.25) is 0 Å². The molecule has 3 heteroatoms. The molecule has 0 heterocycles. The maximum Gasteiger partial charge on any atom is 0.343 e. The zero-order chi connectivity index (χ0) is 28.7. The summed E-state index contributed by atoms with van der Waals surface area (Å²) in [4.78, 5) is 12.7. The van der Waals surface area contributed by atoms with E-state index in [1.165, 1.54) is 115 Å². The smallest absolute Gasteiger partial charge is 0.343 e. The van der Waals surface area contributed by atoms with E-state index in [4.69, 9.17) is 9.47 Å². The molecule has 0 amide bonds. The molecule has 41 heavy (non-hydrogen) atoms. The fourth-order valence-corrected chi connectivity index (χ4v) is 7.18. The quantitative estimate of drug-likeness (QED) is 0.116. The molecule has 2 aromatic rings. The molecule has 2 aromatic carbocycles. The number of rotatable bonds is 16. The van der Waals surface area contributed by atoms with Crippen LogP contribution in [0.3, 0.4) is 0 Å². The molecule has 2 fully saturated rings. The minimum atomic E-state index is -0.317. The lowest BCUT2D eigenvalue weighted by Crippen LogP contribution is -2.15. The number of ether oxygens (including phenoxy) is 2. The third kappa shape index (κ3) is 10.8. The maximum absolute atomic E-state index is 12.7. The van der Waals surface area contributed by atoms with E-state index in [1.807, 2.05) is 36.4 Å². The van der Waals surface area contributed by atoms with Crippen molar-refractivity contribution in [3.05, 3.63) is 59.7 Å². The SMILES string of the molecule is CCCCCC1CCC(CCCOc2ccc(C(=O)Oc3ccc(C4CCC(CCCCC)CC4)cc3)cc2)CC1. The first-order valence-corrected chi connectivity index (χ1v) is 17.2. The molecule has 226 valence electrons. The molecule has 3 nitrogen and oxygen atoms in total. The molecule has 0 atom stereocenters. The van der Waals surface area contributed by atoms with Crippen molar-refractivity contribution in [2.75, 3.05) is 6.61 Å². The second kappa shape index (κ2) is 17.6. The summed E-state index contributed by atoms with van der Waals surface area (Å²) in [5.74, 6) is 4.54. The molecule has 2 aliphatic rings.